The summed E-state index contributed by atoms with van der Waals surface area (Å²) in [5.74, 6) is -0.584. The minimum Gasteiger partial charge on any atom is -0.497 e. The van der Waals surface area contributed by atoms with E-state index in [4.69, 9.17) is 33.2 Å². The van der Waals surface area contributed by atoms with Gasteiger partial charge in [-0.25, -0.2) is 18.0 Å². The first kappa shape index (κ1) is 59.2. The number of hydrogen-bond donors (Lipinski definition) is 5. The van der Waals surface area contributed by atoms with Crippen LogP contribution in [0.1, 0.15) is 105 Å². The van der Waals surface area contributed by atoms with Crippen molar-refractivity contribution in [1.29, 1.82) is 0 Å². The van der Waals surface area contributed by atoms with Crippen LogP contribution in [0.3, 0.4) is 0 Å². The van der Waals surface area contributed by atoms with Crippen molar-refractivity contribution < 1.29 is 61.4 Å². The SMILES string of the molecule is CC(C)(C)OC(=O)N[C@@H](Cc1ccccc1)C(O)CNCCCCC1(C)OCCO1.COc1ccc(S(=O)(=O)N(CCCCC2(C)OCCO2)CC(O)[C@H](Cc2ccccc2)NC(=O)OC(C)(C)C)cc1. The van der Waals surface area contributed by atoms with Gasteiger partial charge >= 0.3 is 12.2 Å². The van der Waals surface area contributed by atoms with Crippen LogP contribution < -0.4 is 20.7 Å². The Bertz CT molecular complexity index is 2110. The topological polar surface area (TPSA) is 213 Å². The van der Waals surface area contributed by atoms with E-state index in [2.05, 4.69) is 16.0 Å². The second-order valence-electron chi connectivity index (χ2n) is 20.3. The van der Waals surface area contributed by atoms with Crippen molar-refractivity contribution in [3.63, 3.8) is 0 Å². The summed E-state index contributed by atoms with van der Waals surface area (Å²) in [6.45, 7) is 18.1. The Labute approximate surface area is 422 Å². The number of alkyl carbamates (subject to hydrolysis) is 2. The van der Waals surface area contributed by atoms with Crippen LogP contribution in [0.4, 0.5) is 9.59 Å². The van der Waals surface area contributed by atoms with Crippen LogP contribution in [0.25, 0.3) is 0 Å². The number of aliphatic hydroxyl groups is 2. The normalized spacial score (nSPS) is 17.3. The predicted molar refractivity (Wildman–Crippen MR) is 272 cm³/mol. The van der Waals surface area contributed by atoms with E-state index in [0.717, 1.165) is 36.9 Å². The first-order valence-electron chi connectivity index (χ1n) is 24.8. The Hall–Kier alpha value is -4.37. The van der Waals surface area contributed by atoms with Gasteiger partial charge in [-0.1, -0.05) is 60.7 Å². The quantitative estimate of drug-likeness (QED) is 0.0535. The third-order valence-electron chi connectivity index (χ3n) is 11.7. The molecule has 0 spiro atoms. The van der Waals surface area contributed by atoms with Gasteiger partial charge in [0, 0.05) is 32.5 Å². The summed E-state index contributed by atoms with van der Waals surface area (Å²) >= 11 is 0. The summed E-state index contributed by atoms with van der Waals surface area (Å²) in [6.07, 6.45) is 2.21. The van der Waals surface area contributed by atoms with Gasteiger partial charge in [-0.2, -0.15) is 4.31 Å². The molecule has 3 aromatic rings. The molecule has 71 heavy (non-hydrogen) atoms. The Morgan fingerprint density at radius 2 is 1.10 bits per heavy atom. The molecule has 0 aromatic heterocycles. The first-order chi connectivity index (χ1) is 33.5. The van der Waals surface area contributed by atoms with Crippen LogP contribution in [0.15, 0.2) is 89.8 Å². The molecule has 2 heterocycles. The van der Waals surface area contributed by atoms with Crippen molar-refractivity contribution >= 4 is 22.2 Å². The Balaban J connectivity index is 0.000000324. The smallest absolute Gasteiger partial charge is 0.407 e. The summed E-state index contributed by atoms with van der Waals surface area (Å²) < 4.78 is 67.4. The highest BCUT2D eigenvalue weighted by molar-refractivity contribution is 7.89. The largest absolute Gasteiger partial charge is 0.497 e. The van der Waals surface area contributed by atoms with E-state index in [1.165, 1.54) is 23.5 Å². The van der Waals surface area contributed by atoms with Crippen LogP contribution in [0.2, 0.25) is 0 Å². The molecule has 398 valence electrons. The van der Waals surface area contributed by atoms with Crippen LogP contribution in [0, 0.1) is 0 Å². The molecule has 2 amide bonds. The number of amides is 2. The molecule has 0 saturated carbocycles. The molecule has 3 aromatic carbocycles. The van der Waals surface area contributed by atoms with Crippen molar-refractivity contribution in [2.45, 2.75) is 159 Å². The maximum absolute atomic E-state index is 13.8. The monoisotopic (exact) mass is 1010 g/mol. The summed E-state index contributed by atoms with van der Waals surface area (Å²) in [5, 5.41) is 31.0. The third kappa shape index (κ3) is 22.1. The Morgan fingerprint density at radius 3 is 1.54 bits per heavy atom. The van der Waals surface area contributed by atoms with Gasteiger partial charge in [0.1, 0.15) is 17.0 Å². The van der Waals surface area contributed by atoms with Gasteiger partial charge in [-0.05, 0) is 136 Å². The summed E-state index contributed by atoms with van der Waals surface area (Å²) in [5.41, 5.74) is 0.595. The number of sulfonamides is 1. The maximum Gasteiger partial charge on any atom is 0.407 e. The summed E-state index contributed by atoms with van der Waals surface area (Å²) in [6, 6.07) is 24.1. The van der Waals surface area contributed by atoms with Crippen molar-refractivity contribution in [2.75, 3.05) is 59.7 Å². The lowest BCUT2D eigenvalue weighted by atomic mass is 10.0. The van der Waals surface area contributed by atoms with Gasteiger partial charge in [0.25, 0.3) is 0 Å². The summed E-state index contributed by atoms with van der Waals surface area (Å²) in [7, 11) is -2.48. The van der Waals surface area contributed by atoms with E-state index < -0.39 is 69.3 Å². The number of nitrogens with one attached hydrogen (secondary N) is 3. The van der Waals surface area contributed by atoms with Gasteiger partial charge in [0.15, 0.2) is 11.6 Å². The zero-order valence-electron chi connectivity index (χ0n) is 43.4. The molecule has 2 aliphatic heterocycles. The van der Waals surface area contributed by atoms with Crippen LogP contribution >= 0.6 is 0 Å². The third-order valence-corrected chi connectivity index (χ3v) is 13.6. The van der Waals surface area contributed by atoms with Crippen LogP contribution in [0.5, 0.6) is 5.75 Å². The molecule has 5 rings (SSSR count). The van der Waals surface area contributed by atoms with Gasteiger partial charge < -0.3 is 59.3 Å². The molecule has 2 saturated heterocycles. The molecular weight excluding hydrogens is 933 g/mol. The number of carbonyl (C=O) groups excluding carboxylic acids is 2. The van der Waals surface area contributed by atoms with Gasteiger partial charge in [-0.3, -0.25) is 0 Å². The number of carbonyl (C=O) groups is 2. The number of nitrogens with zero attached hydrogens (tertiary/aromatic N) is 1. The number of aliphatic hydroxyl groups excluding tert-OH is 2. The van der Waals surface area contributed by atoms with Gasteiger partial charge in [-0.15, -0.1) is 0 Å². The maximum atomic E-state index is 13.8. The molecule has 2 aliphatic rings. The molecule has 4 atom stereocenters. The molecule has 0 radical (unpaired) electrons. The average molecular weight is 1020 g/mol. The predicted octanol–water partition coefficient (Wildman–Crippen LogP) is 7.12. The van der Waals surface area contributed by atoms with Crippen LogP contribution in [-0.2, 0) is 51.3 Å². The van der Waals surface area contributed by atoms with Crippen LogP contribution in [-0.4, -0.2) is 142 Å². The second kappa shape index (κ2) is 28.2. The zero-order chi connectivity index (χ0) is 52.1. The van der Waals surface area contributed by atoms with E-state index in [1.54, 1.807) is 32.9 Å². The number of hydrogen-bond acceptors (Lipinski definition) is 14. The average Bonchev–Trinajstić information content (AvgIpc) is 3.95. The van der Waals surface area contributed by atoms with Gasteiger partial charge in [0.05, 0.1) is 62.7 Å². The highest BCUT2D eigenvalue weighted by Gasteiger charge is 2.34. The van der Waals surface area contributed by atoms with Crippen molar-refractivity contribution in [2.24, 2.45) is 0 Å². The molecular formula is C53H82N4O13S. The molecule has 0 aliphatic carbocycles. The van der Waals surface area contributed by atoms with E-state index in [-0.39, 0.29) is 24.4 Å². The van der Waals surface area contributed by atoms with Crippen molar-refractivity contribution in [3.05, 3.63) is 96.1 Å². The van der Waals surface area contributed by atoms with Crippen molar-refractivity contribution in [1.82, 2.24) is 20.3 Å². The van der Waals surface area contributed by atoms with E-state index in [1.807, 2.05) is 95.3 Å². The van der Waals surface area contributed by atoms with E-state index in [0.29, 0.717) is 64.4 Å². The fourth-order valence-electron chi connectivity index (χ4n) is 7.99. The first-order valence-corrected chi connectivity index (χ1v) is 26.3. The minimum absolute atomic E-state index is 0.0830. The number of benzene rings is 3. The second-order valence-corrected chi connectivity index (χ2v) is 22.3. The number of methoxy groups -OCH3 is 1. The van der Waals surface area contributed by atoms with E-state index in [9.17, 15) is 28.2 Å². The van der Waals surface area contributed by atoms with E-state index >= 15 is 0 Å². The molecule has 2 fully saturated rings. The summed E-state index contributed by atoms with van der Waals surface area (Å²) in [4.78, 5) is 25.0. The number of unbranched alkanes of at least 4 members (excludes halogenated alkanes) is 2. The lowest BCUT2D eigenvalue weighted by Crippen LogP contribution is -2.51. The lowest BCUT2D eigenvalue weighted by molar-refractivity contribution is -0.147. The standard InChI is InChI=1S/C30H44N2O8S.C23H38N2O5/c1-29(2,3)40-28(34)31-26(21-23-11-7-6-8-12-23)27(33)22-32(18-10-9-17-30(4)38-19-20-39-30)41(35,36)25-15-13-24(37-5)14-16-25;1-22(2,3)30-21(27)25-19(16-18-10-6-5-7-11-18)20(26)17-24-13-9-8-12-23(4)28-14-15-29-23/h6-8,11-16,26-27,33H,9-10,17-22H2,1-5H3,(H,31,34);5-7,10-11,19-20,24,26H,8-9,12-17H2,1-4H3,(H,25,27)/t26-,27?;19-,20?/m00/s1. The minimum atomic E-state index is -3.99. The molecule has 17 nitrogen and oxygen atoms in total. The highest BCUT2D eigenvalue weighted by atomic mass is 32.2. The number of ether oxygens (including phenoxy) is 7. The molecule has 0 bridgehead atoms. The Kier molecular flexibility index (Phi) is 23.5. The Morgan fingerprint density at radius 1 is 0.662 bits per heavy atom. The van der Waals surface area contributed by atoms with Gasteiger partial charge in [0.2, 0.25) is 10.0 Å². The fraction of sp³-hybridized carbons (Fsp3) is 0.623. The van der Waals surface area contributed by atoms with Crippen molar-refractivity contribution in [3.8, 4) is 5.75 Å². The fourth-order valence-corrected chi connectivity index (χ4v) is 9.48. The molecule has 5 N–H and O–H groups in total. The lowest BCUT2D eigenvalue weighted by Gasteiger charge is -2.31. The zero-order valence-corrected chi connectivity index (χ0v) is 44.3. The molecule has 2 unspecified atom stereocenters. The number of rotatable bonds is 25. The molecule has 18 heteroatoms. The highest BCUT2D eigenvalue weighted by Crippen LogP contribution is 2.27.